The molecule has 2 rings (SSSR count). The molecule has 0 unspecified atom stereocenters. The molecule has 0 saturated carbocycles. The number of benzene rings is 2. The van der Waals surface area contributed by atoms with Crippen LogP contribution in [0.25, 0.3) is 0 Å². The molecule has 138 valence electrons. The summed E-state index contributed by atoms with van der Waals surface area (Å²) in [6.07, 6.45) is 0.917. The fourth-order valence-corrected chi connectivity index (χ4v) is 2.36. The quantitative estimate of drug-likeness (QED) is 0.443. The number of rotatable bonds is 8. The Kier molecular flexibility index (Phi) is 7.49. The van der Waals surface area contributed by atoms with Crippen LogP contribution in [0.4, 0.5) is 4.79 Å². The summed E-state index contributed by atoms with van der Waals surface area (Å²) in [5.74, 6) is 1.49. The molecule has 0 atom stereocenters. The molecule has 2 aromatic rings. The Morgan fingerprint density at radius 2 is 1.77 bits per heavy atom. The first kappa shape index (κ1) is 19.3. The Hall–Kier alpha value is -3.02. The molecule has 0 heterocycles. The van der Waals surface area contributed by atoms with E-state index in [1.54, 1.807) is 6.92 Å². The summed E-state index contributed by atoms with van der Waals surface area (Å²) in [5, 5.41) is 3.86. The minimum Gasteiger partial charge on any atom is -0.490 e. The number of ether oxygens (including phenoxy) is 3. The van der Waals surface area contributed by atoms with Gasteiger partial charge in [0, 0.05) is 5.56 Å². The maximum Gasteiger partial charge on any atom is 0.427 e. The zero-order valence-corrected chi connectivity index (χ0v) is 15.3. The minimum atomic E-state index is -0.594. The van der Waals surface area contributed by atoms with E-state index in [9.17, 15) is 4.79 Å². The van der Waals surface area contributed by atoms with Crippen LogP contribution in [0.2, 0.25) is 0 Å². The number of amides is 1. The van der Waals surface area contributed by atoms with Crippen molar-refractivity contribution >= 4 is 12.3 Å². The molecule has 0 fully saturated rings. The Morgan fingerprint density at radius 3 is 2.50 bits per heavy atom. The lowest BCUT2D eigenvalue weighted by Gasteiger charge is -2.11. The third kappa shape index (κ3) is 6.47. The number of hydrogen-bond acceptors (Lipinski definition) is 5. The van der Waals surface area contributed by atoms with Crippen LogP contribution in [0.1, 0.15) is 23.6 Å². The molecule has 6 nitrogen and oxygen atoms in total. The second kappa shape index (κ2) is 10.1. The molecule has 0 radical (unpaired) electrons. The van der Waals surface area contributed by atoms with E-state index in [1.165, 1.54) is 6.21 Å². The lowest BCUT2D eigenvalue weighted by atomic mass is 10.1. The SMILES string of the molecule is CCOC(=O)N/N=C/c1ccccc1OCCOc1cc(C)cc(C)c1. The molecular formula is C20H24N2O4. The first-order valence-corrected chi connectivity index (χ1v) is 8.47. The van der Waals surface area contributed by atoms with Gasteiger partial charge in [-0.05, 0) is 56.2 Å². The molecular weight excluding hydrogens is 332 g/mol. The van der Waals surface area contributed by atoms with Crippen LogP contribution in [0.3, 0.4) is 0 Å². The van der Waals surface area contributed by atoms with Gasteiger partial charge >= 0.3 is 6.09 Å². The van der Waals surface area contributed by atoms with Gasteiger partial charge in [-0.3, -0.25) is 0 Å². The third-order valence-corrected chi connectivity index (χ3v) is 3.36. The molecule has 0 aliphatic heterocycles. The van der Waals surface area contributed by atoms with Crippen LogP contribution in [0, 0.1) is 13.8 Å². The summed E-state index contributed by atoms with van der Waals surface area (Å²) in [6.45, 7) is 6.92. The van der Waals surface area contributed by atoms with Crippen molar-refractivity contribution in [2.75, 3.05) is 19.8 Å². The standard InChI is InChI=1S/C20H24N2O4/c1-4-24-20(23)22-21-14-17-7-5-6-8-19(17)26-10-9-25-18-12-15(2)11-16(3)13-18/h5-8,11-14H,4,9-10H2,1-3H3,(H,22,23)/b21-14+. The van der Waals surface area contributed by atoms with Crippen molar-refractivity contribution in [2.24, 2.45) is 5.10 Å². The number of nitrogens with one attached hydrogen (secondary N) is 1. The van der Waals surface area contributed by atoms with Gasteiger partial charge in [0.1, 0.15) is 24.7 Å². The normalized spacial score (nSPS) is 10.6. The van der Waals surface area contributed by atoms with Crippen LogP contribution < -0.4 is 14.9 Å². The van der Waals surface area contributed by atoms with Gasteiger partial charge in [0.25, 0.3) is 0 Å². The van der Waals surface area contributed by atoms with Crippen molar-refractivity contribution in [3.8, 4) is 11.5 Å². The number of aryl methyl sites for hydroxylation is 2. The maximum atomic E-state index is 11.2. The average molecular weight is 356 g/mol. The fourth-order valence-electron chi connectivity index (χ4n) is 2.36. The monoisotopic (exact) mass is 356 g/mol. The van der Waals surface area contributed by atoms with E-state index in [2.05, 4.69) is 16.6 Å². The maximum absolute atomic E-state index is 11.2. The summed E-state index contributed by atoms with van der Waals surface area (Å²) in [7, 11) is 0. The summed E-state index contributed by atoms with van der Waals surface area (Å²) >= 11 is 0. The number of carbonyl (C=O) groups is 1. The summed E-state index contributed by atoms with van der Waals surface area (Å²) in [6, 6.07) is 13.5. The first-order valence-electron chi connectivity index (χ1n) is 8.47. The third-order valence-electron chi connectivity index (χ3n) is 3.36. The molecule has 2 aromatic carbocycles. The highest BCUT2D eigenvalue weighted by Gasteiger charge is 2.02. The number of nitrogens with zero attached hydrogens (tertiary/aromatic N) is 1. The van der Waals surface area contributed by atoms with E-state index in [1.807, 2.05) is 50.2 Å². The Morgan fingerprint density at radius 1 is 1.08 bits per heavy atom. The lowest BCUT2D eigenvalue weighted by Crippen LogP contribution is -2.18. The van der Waals surface area contributed by atoms with E-state index in [0.717, 1.165) is 22.4 Å². The smallest absolute Gasteiger partial charge is 0.427 e. The fraction of sp³-hybridized carbons (Fsp3) is 0.300. The largest absolute Gasteiger partial charge is 0.490 e. The van der Waals surface area contributed by atoms with Gasteiger partial charge < -0.3 is 14.2 Å². The van der Waals surface area contributed by atoms with Crippen molar-refractivity contribution < 1.29 is 19.0 Å². The Labute approximate surface area is 153 Å². The van der Waals surface area contributed by atoms with E-state index < -0.39 is 6.09 Å². The highest BCUT2D eigenvalue weighted by Crippen LogP contribution is 2.17. The van der Waals surface area contributed by atoms with Gasteiger partial charge in [0.05, 0.1) is 12.8 Å². The molecule has 1 N–H and O–H groups in total. The number of carbonyl (C=O) groups excluding carboxylic acids is 1. The number of para-hydroxylation sites is 1. The van der Waals surface area contributed by atoms with Gasteiger partial charge in [0.15, 0.2) is 0 Å². The van der Waals surface area contributed by atoms with Crippen molar-refractivity contribution in [3.05, 3.63) is 59.2 Å². The van der Waals surface area contributed by atoms with Crippen molar-refractivity contribution in [1.29, 1.82) is 0 Å². The van der Waals surface area contributed by atoms with E-state index in [4.69, 9.17) is 14.2 Å². The second-order valence-electron chi connectivity index (χ2n) is 5.65. The summed E-state index contributed by atoms with van der Waals surface area (Å²) < 4.78 is 16.2. The summed E-state index contributed by atoms with van der Waals surface area (Å²) in [4.78, 5) is 11.2. The molecule has 1 amide bonds. The van der Waals surface area contributed by atoms with Crippen molar-refractivity contribution in [3.63, 3.8) is 0 Å². The average Bonchev–Trinajstić information content (AvgIpc) is 2.59. The molecule has 0 aliphatic rings. The molecule has 0 aliphatic carbocycles. The van der Waals surface area contributed by atoms with Gasteiger partial charge in [-0.25, -0.2) is 10.2 Å². The van der Waals surface area contributed by atoms with Crippen LogP contribution in [0.15, 0.2) is 47.6 Å². The zero-order valence-electron chi connectivity index (χ0n) is 15.3. The van der Waals surface area contributed by atoms with Gasteiger partial charge in [-0.2, -0.15) is 5.10 Å². The van der Waals surface area contributed by atoms with Gasteiger partial charge in [-0.1, -0.05) is 18.2 Å². The Balaban J connectivity index is 1.85. The highest BCUT2D eigenvalue weighted by molar-refractivity contribution is 5.84. The molecule has 0 aromatic heterocycles. The lowest BCUT2D eigenvalue weighted by molar-refractivity contribution is 0.152. The molecule has 0 bridgehead atoms. The van der Waals surface area contributed by atoms with E-state index in [-0.39, 0.29) is 0 Å². The van der Waals surface area contributed by atoms with Crippen LogP contribution in [-0.4, -0.2) is 32.1 Å². The predicted molar refractivity (Wildman–Crippen MR) is 101 cm³/mol. The van der Waals surface area contributed by atoms with Crippen molar-refractivity contribution in [2.45, 2.75) is 20.8 Å². The highest BCUT2D eigenvalue weighted by atomic mass is 16.6. The van der Waals surface area contributed by atoms with Crippen LogP contribution >= 0.6 is 0 Å². The molecule has 26 heavy (non-hydrogen) atoms. The van der Waals surface area contributed by atoms with Crippen LogP contribution in [0.5, 0.6) is 11.5 Å². The predicted octanol–water partition coefficient (Wildman–Crippen LogP) is 3.84. The molecule has 0 spiro atoms. The van der Waals surface area contributed by atoms with E-state index in [0.29, 0.717) is 25.6 Å². The molecule has 0 saturated heterocycles. The Bertz CT molecular complexity index is 739. The summed E-state index contributed by atoms with van der Waals surface area (Å²) in [5.41, 5.74) is 5.36. The van der Waals surface area contributed by atoms with Gasteiger partial charge in [-0.15, -0.1) is 0 Å². The zero-order chi connectivity index (χ0) is 18.8. The number of hydrazone groups is 1. The van der Waals surface area contributed by atoms with Crippen molar-refractivity contribution in [1.82, 2.24) is 5.43 Å². The molecule has 6 heteroatoms. The topological polar surface area (TPSA) is 69.2 Å². The van der Waals surface area contributed by atoms with E-state index >= 15 is 0 Å². The minimum absolute atomic E-state index is 0.293. The van der Waals surface area contributed by atoms with Crippen LogP contribution in [-0.2, 0) is 4.74 Å². The number of hydrogen-bond donors (Lipinski definition) is 1. The first-order chi connectivity index (χ1) is 12.6. The van der Waals surface area contributed by atoms with Gasteiger partial charge in [0.2, 0.25) is 0 Å². The second-order valence-corrected chi connectivity index (χ2v) is 5.65.